The van der Waals surface area contributed by atoms with E-state index in [-0.39, 0.29) is 23.3 Å². The van der Waals surface area contributed by atoms with Crippen molar-refractivity contribution in [3.05, 3.63) is 54.1 Å². The number of carbonyl (C=O) groups excluding carboxylic acids is 2. The standard InChI is InChI=1S/C18H19N5O2/c24-16-15(13-1-6-19-7-2-13)11-18(22-16)4-9-23(10-5-18)17(25)14-3-8-20-21-12-14/h1-3,6-8,12,15H,4-5,9-11H2,(H,22,24)/t15-/m1/s1. The van der Waals surface area contributed by atoms with Crippen molar-refractivity contribution in [3.63, 3.8) is 0 Å². The Bertz CT molecular complexity index is 773. The van der Waals surface area contributed by atoms with E-state index in [0.717, 1.165) is 24.8 Å². The highest BCUT2D eigenvalue weighted by atomic mass is 16.2. The highest BCUT2D eigenvalue weighted by molar-refractivity contribution is 5.94. The predicted molar refractivity (Wildman–Crippen MR) is 89.6 cm³/mol. The van der Waals surface area contributed by atoms with Gasteiger partial charge in [0.2, 0.25) is 5.91 Å². The molecular weight excluding hydrogens is 318 g/mol. The largest absolute Gasteiger partial charge is 0.350 e. The molecule has 4 heterocycles. The number of aromatic nitrogens is 3. The van der Waals surface area contributed by atoms with Crippen molar-refractivity contribution in [2.45, 2.75) is 30.7 Å². The zero-order valence-electron chi connectivity index (χ0n) is 13.8. The lowest BCUT2D eigenvalue weighted by atomic mass is 9.82. The Morgan fingerprint density at radius 1 is 1.12 bits per heavy atom. The maximum Gasteiger partial charge on any atom is 0.255 e. The summed E-state index contributed by atoms with van der Waals surface area (Å²) >= 11 is 0. The molecule has 2 amide bonds. The molecule has 0 aromatic carbocycles. The molecule has 0 saturated carbocycles. The van der Waals surface area contributed by atoms with Crippen LogP contribution in [0, 0.1) is 0 Å². The fraction of sp³-hybridized carbons (Fsp3) is 0.389. The summed E-state index contributed by atoms with van der Waals surface area (Å²) in [5.41, 5.74) is 1.35. The fourth-order valence-electron chi connectivity index (χ4n) is 3.81. The third kappa shape index (κ3) is 2.97. The van der Waals surface area contributed by atoms with Crippen molar-refractivity contribution in [1.29, 1.82) is 0 Å². The van der Waals surface area contributed by atoms with Gasteiger partial charge < -0.3 is 10.2 Å². The average Bonchev–Trinajstić information content (AvgIpc) is 2.99. The van der Waals surface area contributed by atoms with Crippen LogP contribution in [0.3, 0.4) is 0 Å². The summed E-state index contributed by atoms with van der Waals surface area (Å²) < 4.78 is 0. The van der Waals surface area contributed by atoms with E-state index in [1.807, 2.05) is 17.0 Å². The maximum absolute atomic E-state index is 12.5. The van der Waals surface area contributed by atoms with Crippen molar-refractivity contribution < 1.29 is 9.59 Å². The van der Waals surface area contributed by atoms with Crippen LogP contribution in [-0.2, 0) is 4.79 Å². The minimum absolute atomic E-state index is 0.0280. The average molecular weight is 337 g/mol. The number of nitrogens with zero attached hydrogens (tertiary/aromatic N) is 4. The molecule has 25 heavy (non-hydrogen) atoms. The van der Waals surface area contributed by atoms with Gasteiger partial charge in [0.05, 0.1) is 23.9 Å². The van der Waals surface area contributed by atoms with Gasteiger partial charge in [0.1, 0.15) is 0 Å². The number of piperidine rings is 1. The molecule has 1 atom stereocenters. The Balaban J connectivity index is 1.43. The zero-order valence-corrected chi connectivity index (χ0v) is 13.8. The van der Waals surface area contributed by atoms with Gasteiger partial charge in [-0.05, 0) is 43.0 Å². The molecule has 4 rings (SSSR count). The van der Waals surface area contributed by atoms with Crippen molar-refractivity contribution in [3.8, 4) is 0 Å². The number of hydrogen-bond acceptors (Lipinski definition) is 5. The van der Waals surface area contributed by atoms with E-state index in [1.165, 1.54) is 12.4 Å². The van der Waals surface area contributed by atoms with E-state index in [2.05, 4.69) is 20.5 Å². The fourth-order valence-corrected chi connectivity index (χ4v) is 3.81. The molecule has 2 aliphatic rings. The summed E-state index contributed by atoms with van der Waals surface area (Å²) in [6.07, 6.45) is 8.76. The Morgan fingerprint density at radius 2 is 1.88 bits per heavy atom. The minimum Gasteiger partial charge on any atom is -0.350 e. The molecule has 7 nitrogen and oxygen atoms in total. The lowest BCUT2D eigenvalue weighted by molar-refractivity contribution is -0.121. The SMILES string of the molecule is O=C1NC2(CCN(C(=O)c3ccnnc3)CC2)C[C@@H]1c1ccncc1. The molecular formula is C18H19N5O2. The third-order valence-electron chi connectivity index (χ3n) is 5.25. The molecule has 2 fully saturated rings. The van der Waals surface area contributed by atoms with Crippen LogP contribution in [0.1, 0.15) is 41.1 Å². The van der Waals surface area contributed by atoms with Crippen LogP contribution in [0.25, 0.3) is 0 Å². The van der Waals surface area contributed by atoms with Gasteiger partial charge in [0.15, 0.2) is 0 Å². The highest BCUT2D eigenvalue weighted by Crippen LogP contribution is 2.39. The van der Waals surface area contributed by atoms with Crippen molar-refractivity contribution in [1.82, 2.24) is 25.4 Å². The molecule has 7 heteroatoms. The second-order valence-corrected chi connectivity index (χ2v) is 6.73. The first kappa shape index (κ1) is 15.7. The van der Waals surface area contributed by atoms with Gasteiger partial charge in [0, 0.05) is 31.0 Å². The van der Waals surface area contributed by atoms with Gasteiger partial charge >= 0.3 is 0 Å². The van der Waals surface area contributed by atoms with Crippen molar-refractivity contribution >= 4 is 11.8 Å². The van der Waals surface area contributed by atoms with Crippen molar-refractivity contribution in [2.75, 3.05) is 13.1 Å². The summed E-state index contributed by atoms with van der Waals surface area (Å²) in [5, 5.41) is 10.7. The van der Waals surface area contributed by atoms with Crippen LogP contribution in [0.2, 0.25) is 0 Å². The quantitative estimate of drug-likeness (QED) is 0.888. The first-order valence-corrected chi connectivity index (χ1v) is 8.45. The van der Waals surface area contributed by atoms with Crippen LogP contribution < -0.4 is 5.32 Å². The molecule has 0 aliphatic carbocycles. The van der Waals surface area contributed by atoms with Gasteiger partial charge in [-0.1, -0.05) is 0 Å². The molecule has 2 aromatic rings. The van der Waals surface area contributed by atoms with Gasteiger partial charge in [-0.3, -0.25) is 14.6 Å². The van der Waals surface area contributed by atoms with Gasteiger partial charge in [-0.15, -0.1) is 0 Å². The van der Waals surface area contributed by atoms with Crippen LogP contribution >= 0.6 is 0 Å². The molecule has 0 bridgehead atoms. The molecule has 2 aliphatic heterocycles. The monoisotopic (exact) mass is 337 g/mol. The molecule has 0 unspecified atom stereocenters. The molecule has 2 saturated heterocycles. The third-order valence-corrected chi connectivity index (χ3v) is 5.25. The van der Waals surface area contributed by atoms with Crippen LogP contribution in [0.5, 0.6) is 0 Å². The Kier molecular flexibility index (Phi) is 3.91. The molecule has 128 valence electrons. The Morgan fingerprint density at radius 3 is 2.56 bits per heavy atom. The summed E-state index contributed by atoms with van der Waals surface area (Å²) in [7, 11) is 0. The van der Waals surface area contributed by atoms with Gasteiger partial charge in [0.25, 0.3) is 5.91 Å². The van der Waals surface area contributed by atoms with Gasteiger partial charge in [-0.2, -0.15) is 10.2 Å². The molecule has 0 radical (unpaired) electrons. The molecule has 1 N–H and O–H groups in total. The van der Waals surface area contributed by atoms with E-state index >= 15 is 0 Å². The number of nitrogens with one attached hydrogen (secondary N) is 1. The smallest absolute Gasteiger partial charge is 0.255 e. The highest BCUT2D eigenvalue weighted by Gasteiger charge is 2.46. The summed E-state index contributed by atoms with van der Waals surface area (Å²) in [5.74, 6) is -0.0845. The normalized spacial score (nSPS) is 22.0. The number of amides is 2. The van der Waals surface area contributed by atoms with E-state index in [9.17, 15) is 9.59 Å². The van der Waals surface area contributed by atoms with E-state index in [4.69, 9.17) is 0 Å². The maximum atomic E-state index is 12.5. The summed E-state index contributed by atoms with van der Waals surface area (Å²) in [6.45, 7) is 1.26. The first-order chi connectivity index (χ1) is 12.2. The molecule has 1 spiro atoms. The number of carbonyl (C=O) groups is 2. The van der Waals surface area contributed by atoms with Gasteiger partial charge in [-0.25, -0.2) is 0 Å². The zero-order chi connectivity index (χ0) is 17.3. The van der Waals surface area contributed by atoms with E-state index in [0.29, 0.717) is 18.7 Å². The topological polar surface area (TPSA) is 88.1 Å². The van der Waals surface area contributed by atoms with Crippen LogP contribution in [0.15, 0.2) is 43.0 Å². The first-order valence-electron chi connectivity index (χ1n) is 8.45. The number of likely N-dealkylation sites (tertiary alicyclic amines) is 1. The number of rotatable bonds is 2. The second-order valence-electron chi connectivity index (χ2n) is 6.73. The predicted octanol–water partition coefficient (Wildman–Crippen LogP) is 1.15. The number of pyridine rings is 1. The lowest BCUT2D eigenvalue weighted by Gasteiger charge is -2.39. The number of hydrogen-bond donors (Lipinski definition) is 1. The van der Waals surface area contributed by atoms with Crippen LogP contribution in [-0.4, -0.2) is 50.5 Å². The van der Waals surface area contributed by atoms with E-state index < -0.39 is 0 Å². The van der Waals surface area contributed by atoms with E-state index in [1.54, 1.807) is 18.5 Å². The van der Waals surface area contributed by atoms with Crippen molar-refractivity contribution in [2.24, 2.45) is 0 Å². The van der Waals surface area contributed by atoms with Crippen LogP contribution in [0.4, 0.5) is 0 Å². The minimum atomic E-state index is -0.210. The Labute approximate surface area is 145 Å². The lowest BCUT2D eigenvalue weighted by Crippen LogP contribution is -2.52. The summed E-state index contributed by atoms with van der Waals surface area (Å²) in [4.78, 5) is 30.8. The molecule has 2 aromatic heterocycles. The summed E-state index contributed by atoms with van der Waals surface area (Å²) in [6, 6.07) is 5.48. The second kappa shape index (κ2) is 6.23. The Hall–Kier alpha value is -2.83.